The summed E-state index contributed by atoms with van der Waals surface area (Å²) >= 11 is 0. The monoisotopic (exact) mass is 197 g/mol. The molecule has 1 atom stereocenters. The second-order valence-corrected chi connectivity index (χ2v) is 3.36. The summed E-state index contributed by atoms with van der Waals surface area (Å²) in [5, 5.41) is 6.38. The Labute approximate surface area is 82.6 Å². The van der Waals surface area contributed by atoms with Crippen LogP contribution in [0.25, 0.3) is 0 Å². The van der Waals surface area contributed by atoms with Crippen molar-refractivity contribution in [1.29, 1.82) is 0 Å². The first-order valence-corrected chi connectivity index (χ1v) is 4.54. The Morgan fingerprint density at radius 3 is 3.00 bits per heavy atom. The minimum Gasteiger partial charge on any atom is -0.364 e. The molecule has 0 aliphatic heterocycles. The van der Waals surface area contributed by atoms with Crippen molar-refractivity contribution in [3.8, 4) is 0 Å². The average molecular weight is 197 g/mol. The van der Waals surface area contributed by atoms with Crippen molar-refractivity contribution >= 4 is 5.91 Å². The van der Waals surface area contributed by atoms with E-state index in [-0.39, 0.29) is 11.8 Å². The molecule has 0 fully saturated rings. The van der Waals surface area contributed by atoms with Gasteiger partial charge in [0, 0.05) is 6.54 Å². The van der Waals surface area contributed by atoms with E-state index in [2.05, 4.69) is 15.0 Å². The van der Waals surface area contributed by atoms with E-state index < -0.39 is 0 Å². The maximum atomic E-state index is 11.5. The molecule has 0 saturated heterocycles. The number of carbonyl (C=O) groups is 1. The molecule has 0 aromatic carbocycles. The lowest BCUT2D eigenvalue weighted by molar-refractivity contribution is 0.0947. The maximum absolute atomic E-state index is 11.5. The molecule has 0 radical (unpaired) electrons. The highest BCUT2D eigenvalue weighted by molar-refractivity contribution is 5.94. The molecule has 0 aliphatic carbocycles. The molecule has 14 heavy (non-hydrogen) atoms. The molecule has 1 rings (SSSR count). The number of amides is 1. The number of nitrogens with two attached hydrogens (primary N) is 1. The third kappa shape index (κ3) is 2.56. The van der Waals surface area contributed by atoms with E-state index in [4.69, 9.17) is 5.73 Å². The lowest BCUT2D eigenvalue weighted by Crippen LogP contribution is -2.31. The lowest BCUT2D eigenvalue weighted by Gasteiger charge is -2.08. The van der Waals surface area contributed by atoms with Gasteiger partial charge < -0.3 is 15.6 Å². The molecule has 1 aromatic rings. The highest BCUT2D eigenvalue weighted by atomic mass is 16.5. The number of aryl methyl sites for hydroxylation is 1. The van der Waals surface area contributed by atoms with Crippen LogP contribution in [0.3, 0.4) is 0 Å². The number of nitrogens with one attached hydrogen (secondary N) is 1. The number of carbonyl (C=O) groups excluding carboxylic acids is 1. The standard InChI is InChI=1S/C9H15N3O2/c1-6(3-10)4-11-9(13)8-5-14-12-7(8)2/h5-6H,3-4,10H2,1-2H3,(H,11,13). The largest absolute Gasteiger partial charge is 0.364 e. The van der Waals surface area contributed by atoms with Gasteiger partial charge in [0.25, 0.3) is 5.91 Å². The van der Waals surface area contributed by atoms with E-state index in [1.807, 2.05) is 6.92 Å². The fourth-order valence-electron chi connectivity index (χ4n) is 0.956. The van der Waals surface area contributed by atoms with Crippen LogP contribution in [0.15, 0.2) is 10.8 Å². The quantitative estimate of drug-likeness (QED) is 0.727. The second-order valence-electron chi connectivity index (χ2n) is 3.36. The molecule has 5 nitrogen and oxygen atoms in total. The zero-order valence-corrected chi connectivity index (χ0v) is 8.41. The molecule has 78 valence electrons. The highest BCUT2D eigenvalue weighted by Gasteiger charge is 2.12. The molecule has 0 spiro atoms. The van der Waals surface area contributed by atoms with E-state index in [0.29, 0.717) is 24.3 Å². The maximum Gasteiger partial charge on any atom is 0.256 e. The van der Waals surface area contributed by atoms with Gasteiger partial charge in [-0.3, -0.25) is 4.79 Å². The Hall–Kier alpha value is -1.36. The Morgan fingerprint density at radius 1 is 1.79 bits per heavy atom. The van der Waals surface area contributed by atoms with Crippen LogP contribution >= 0.6 is 0 Å². The van der Waals surface area contributed by atoms with Gasteiger partial charge in [-0.2, -0.15) is 0 Å². The summed E-state index contributed by atoms with van der Waals surface area (Å²) in [6.07, 6.45) is 1.35. The van der Waals surface area contributed by atoms with Crippen LogP contribution in [-0.2, 0) is 0 Å². The van der Waals surface area contributed by atoms with Crippen LogP contribution in [0.4, 0.5) is 0 Å². The molecule has 1 amide bonds. The van der Waals surface area contributed by atoms with Gasteiger partial charge in [-0.25, -0.2) is 0 Å². The highest BCUT2D eigenvalue weighted by Crippen LogP contribution is 2.04. The first-order valence-electron chi connectivity index (χ1n) is 4.54. The molecular weight excluding hydrogens is 182 g/mol. The average Bonchev–Trinajstić information content (AvgIpc) is 2.60. The number of aromatic nitrogens is 1. The minimum absolute atomic E-state index is 0.163. The molecule has 0 saturated carbocycles. The van der Waals surface area contributed by atoms with Crippen molar-refractivity contribution in [2.75, 3.05) is 13.1 Å². The van der Waals surface area contributed by atoms with Crippen molar-refractivity contribution in [2.45, 2.75) is 13.8 Å². The minimum atomic E-state index is -0.163. The van der Waals surface area contributed by atoms with Gasteiger partial charge in [0.1, 0.15) is 11.8 Å². The first-order chi connectivity index (χ1) is 6.65. The summed E-state index contributed by atoms with van der Waals surface area (Å²) in [5.41, 5.74) is 6.51. The van der Waals surface area contributed by atoms with Crippen LogP contribution in [0.1, 0.15) is 23.0 Å². The van der Waals surface area contributed by atoms with Gasteiger partial charge >= 0.3 is 0 Å². The van der Waals surface area contributed by atoms with E-state index in [1.54, 1.807) is 6.92 Å². The predicted octanol–water partition coefficient (Wildman–Crippen LogP) is 0.308. The van der Waals surface area contributed by atoms with Gasteiger partial charge in [-0.1, -0.05) is 12.1 Å². The van der Waals surface area contributed by atoms with Crippen LogP contribution in [0, 0.1) is 12.8 Å². The number of hydrogen-bond acceptors (Lipinski definition) is 4. The summed E-state index contributed by atoms with van der Waals surface area (Å²) in [6, 6.07) is 0. The fraction of sp³-hybridized carbons (Fsp3) is 0.556. The molecule has 1 unspecified atom stereocenters. The Bertz CT molecular complexity index is 309. The Kier molecular flexibility index (Phi) is 3.64. The number of rotatable bonds is 4. The van der Waals surface area contributed by atoms with Crippen LogP contribution in [0.2, 0.25) is 0 Å². The van der Waals surface area contributed by atoms with Crippen molar-refractivity contribution in [2.24, 2.45) is 11.7 Å². The van der Waals surface area contributed by atoms with Gasteiger partial charge in [-0.15, -0.1) is 0 Å². The molecule has 0 aliphatic rings. The zero-order chi connectivity index (χ0) is 10.6. The predicted molar refractivity (Wildman–Crippen MR) is 51.8 cm³/mol. The topological polar surface area (TPSA) is 81.2 Å². The summed E-state index contributed by atoms with van der Waals surface area (Å²) in [5.74, 6) is 0.114. The van der Waals surface area contributed by atoms with Crippen LogP contribution in [-0.4, -0.2) is 24.2 Å². The van der Waals surface area contributed by atoms with E-state index in [0.717, 1.165) is 0 Å². The SMILES string of the molecule is Cc1nocc1C(=O)NCC(C)CN. The van der Waals surface area contributed by atoms with E-state index >= 15 is 0 Å². The van der Waals surface area contributed by atoms with Crippen molar-refractivity contribution < 1.29 is 9.32 Å². The van der Waals surface area contributed by atoms with Gasteiger partial charge in [0.05, 0.1) is 5.69 Å². The van der Waals surface area contributed by atoms with Crippen LogP contribution < -0.4 is 11.1 Å². The van der Waals surface area contributed by atoms with Gasteiger partial charge in [-0.05, 0) is 19.4 Å². The number of nitrogens with zero attached hydrogens (tertiary/aromatic N) is 1. The Morgan fingerprint density at radius 2 is 2.50 bits per heavy atom. The molecule has 5 heteroatoms. The molecule has 1 aromatic heterocycles. The summed E-state index contributed by atoms with van der Waals surface area (Å²) < 4.78 is 4.66. The van der Waals surface area contributed by atoms with E-state index in [1.165, 1.54) is 6.26 Å². The number of hydrogen-bond donors (Lipinski definition) is 2. The van der Waals surface area contributed by atoms with Crippen molar-refractivity contribution in [1.82, 2.24) is 10.5 Å². The lowest BCUT2D eigenvalue weighted by atomic mass is 10.2. The van der Waals surface area contributed by atoms with Crippen molar-refractivity contribution in [3.63, 3.8) is 0 Å². The Balaban J connectivity index is 2.47. The molecule has 0 bridgehead atoms. The second kappa shape index (κ2) is 4.76. The molecule has 1 heterocycles. The van der Waals surface area contributed by atoms with Gasteiger partial charge in [0.15, 0.2) is 0 Å². The van der Waals surface area contributed by atoms with Crippen molar-refractivity contribution in [3.05, 3.63) is 17.5 Å². The van der Waals surface area contributed by atoms with E-state index in [9.17, 15) is 4.79 Å². The van der Waals surface area contributed by atoms with Gasteiger partial charge in [0.2, 0.25) is 0 Å². The third-order valence-corrected chi connectivity index (χ3v) is 2.01. The zero-order valence-electron chi connectivity index (χ0n) is 8.41. The smallest absolute Gasteiger partial charge is 0.256 e. The fourth-order valence-corrected chi connectivity index (χ4v) is 0.956. The summed E-state index contributed by atoms with van der Waals surface area (Å²) in [4.78, 5) is 11.5. The third-order valence-electron chi connectivity index (χ3n) is 2.01. The summed E-state index contributed by atoms with van der Waals surface area (Å²) in [7, 11) is 0. The molecule has 3 N–H and O–H groups in total. The normalized spacial score (nSPS) is 12.5. The molecular formula is C9H15N3O2. The first kappa shape index (κ1) is 10.7. The van der Waals surface area contributed by atoms with Crippen LogP contribution in [0.5, 0.6) is 0 Å². The summed E-state index contributed by atoms with van der Waals surface area (Å²) in [6.45, 7) is 4.83.